The number of nitrogens with one attached hydrogen (secondary N) is 1. The van der Waals surface area contributed by atoms with Gasteiger partial charge in [0.05, 0.1) is 5.56 Å². The van der Waals surface area contributed by atoms with Gasteiger partial charge < -0.3 is 11.1 Å². The van der Waals surface area contributed by atoms with Crippen molar-refractivity contribution < 1.29 is 4.79 Å². The van der Waals surface area contributed by atoms with Crippen molar-refractivity contribution in [1.29, 1.82) is 0 Å². The van der Waals surface area contributed by atoms with Crippen LogP contribution in [-0.4, -0.2) is 16.9 Å². The number of carbonyl (C=O) groups is 1. The number of pyridine rings is 1. The molecule has 1 heterocycles. The van der Waals surface area contributed by atoms with Crippen LogP contribution in [0.25, 0.3) is 0 Å². The van der Waals surface area contributed by atoms with Crippen molar-refractivity contribution in [3.8, 4) is 0 Å². The van der Waals surface area contributed by atoms with Crippen molar-refractivity contribution in [2.45, 2.75) is 32.2 Å². The summed E-state index contributed by atoms with van der Waals surface area (Å²) in [7, 11) is 0. The largest absolute Gasteiger partial charge is 0.383 e. The number of hydrogen-bond acceptors (Lipinski definition) is 3. The first-order valence-corrected chi connectivity index (χ1v) is 6.59. The zero-order valence-electron chi connectivity index (χ0n) is 9.74. The number of aromatic nitrogens is 1. The highest BCUT2D eigenvalue weighted by molar-refractivity contribution is 9.10. The lowest BCUT2D eigenvalue weighted by molar-refractivity contribution is 0.0930. The Balaban J connectivity index is 2.11. The molecule has 2 atom stereocenters. The third-order valence-corrected chi connectivity index (χ3v) is 3.74. The molecule has 0 saturated heterocycles. The zero-order valence-corrected chi connectivity index (χ0v) is 11.3. The number of carbonyl (C=O) groups excluding carboxylic acids is 1. The fourth-order valence-corrected chi connectivity index (χ4v) is 2.57. The molecule has 0 aliphatic heterocycles. The van der Waals surface area contributed by atoms with Gasteiger partial charge in [-0.3, -0.25) is 4.79 Å². The van der Waals surface area contributed by atoms with Crippen LogP contribution in [0.5, 0.6) is 0 Å². The molecule has 1 aromatic heterocycles. The second-order valence-corrected chi connectivity index (χ2v) is 5.49. The van der Waals surface area contributed by atoms with Crippen molar-refractivity contribution in [3.63, 3.8) is 0 Å². The van der Waals surface area contributed by atoms with Crippen LogP contribution in [-0.2, 0) is 0 Å². The standard InChI is InChI=1S/C12H16BrN3O/c1-7-3-2-4-10(7)16-12(17)9-5-8(13)6-15-11(9)14/h5-7,10H,2-4H2,1H3,(H2,14,15)(H,16,17). The summed E-state index contributed by atoms with van der Waals surface area (Å²) in [6.07, 6.45) is 4.99. The Morgan fingerprint density at radius 3 is 3.00 bits per heavy atom. The van der Waals surface area contributed by atoms with Gasteiger partial charge in [-0.15, -0.1) is 0 Å². The van der Waals surface area contributed by atoms with Crippen molar-refractivity contribution in [3.05, 3.63) is 22.3 Å². The van der Waals surface area contributed by atoms with E-state index in [1.54, 1.807) is 12.3 Å². The third kappa shape index (κ3) is 2.77. The fraction of sp³-hybridized carbons (Fsp3) is 0.500. The van der Waals surface area contributed by atoms with Crippen LogP contribution in [0.2, 0.25) is 0 Å². The van der Waals surface area contributed by atoms with Crippen LogP contribution in [0.3, 0.4) is 0 Å². The van der Waals surface area contributed by atoms with E-state index in [1.807, 2.05) is 0 Å². The summed E-state index contributed by atoms with van der Waals surface area (Å²) in [5.74, 6) is 0.687. The minimum Gasteiger partial charge on any atom is -0.383 e. The minimum atomic E-state index is -0.130. The average molecular weight is 298 g/mol. The van der Waals surface area contributed by atoms with Crippen LogP contribution in [0, 0.1) is 5.92 Å². The number of anilines is 1. The Kier molecular flexibility index (Phi) is 3.66. The SMILES string of the molecule is CC1CCCC1NC(=O)c1cc(Br)cnc1N. The van der Waals surface area contributed by atoms with Gasteiger partial charge in [0, 0.05) is 16.7 Å². The van der Waals surface area contributed by atoms with Crippen molar-refractivity contribution in [2.24, 2.45) is 5.92 Å². The molecule has 2 unspecified atom stereocenters. The van der Waals surface area contributed by atoms with E-state index in [2.05, 4.69) is 33.2 Å². The first kappa shape index (κ1) is 12.4. The lowest BCUT2D eigenvalue weighted by Gasteiger charge is -2.17. The molecule has 1 aromatic rings. The number of nitrogens with zero attached hydrogens (tertiary/aromatic N) is 1. The molecule has 1 fully saturated rings. The normalized spacial score (nSPS) is 23.6. The van der Waals surface area contributed by atoms with Gasteiger partial charge >= 0.3 is 0 Å². The predicted molar refractivity (Wildman–Crippen MR) is 70.6 cm³/mol. The molecule has 2 rings (SSSR count). The van der Waals surface area contributed by atoms with E-state index < -0.39 is 0 Å². The molecule has 4 nitrogen and oxygen atoms in total. The van der Waals surface area contributed by atoms with E-state index in [9.17, 15) is 4.79 Å². The Hall–Kier alpha value is -1.10. The Morgan fingerprint density at radius 1 is 1.59 bits per heavy atom. The number of hydrogen-bond donors (Lipinski definition) is 2. The maximum Gasteiger partial charge on any atom is 0.255 e. The maximum absolute atomic E-state index is 12.1. The molecular weight excluding hydrogens is 282 g/mol. The molecule has 17 heavy (non-hydrogen) atoms. The fourth-order valence-electron chi connectivity index (χ4n) is 2.24. The van der Waals surface area contributed by atoms with Gasteiger partial charge in [0.15, 0.2) is 0 Å². The van der Waals surface area contributed by atoms with Crippen molar-refractivity contribution in [2.75, 3.05) is 5.73 Å². The van der Waals surface area contributed by atoms with E-state index in [1.165, 1.54) is 12.8 Å². The summed E-state index contributed by atoms with van der Waals surface area (Å²) < 4.78 is 0.760. The summed E-state index contributed by atoms with van der Waals surface area (Å²) in [5, 5.41) is 3.03. The second-order valence-electron chi connectivity index (χ2n) is 4.57. The summed E-state index contributed by atoms with van der Waals surface area (Å²) in [4.78, 5) is 16.0. The Labute approximate surface area is 109 Å². The molecule has 0 aromatic carbocycles. The minimum absolute atomic E-state index is 0.130. The van der Waals surface area contributed by atoms with Gasteiger partial charge in [-0.05, 0) is 40.8 Å². The number of nitrogens with two attached hydrogens (primary N) is 1. The van der Waals surface area contributed by atoms with Gasteiger partial charge in [0.1, 0.15) is 5.82 Å². The number of halogens is 1. The Bertz CT molecular complexity index is 436. The molecule has 0 radical (unpaired) electrons. The van der Waals surface area contributed by atoms with Gasteiger partial charge in [-0.2, -0.15) is 0 Å². The highest BCUT2D eigenvalue weighted by atomic mass is 79.9. The van der Waals surface area contributed by atoms with Crippen LogP contribution < -0.4 is 11.1 Å². The van der Waals surface area contributed by atoms with Gasteiger partial charge in [0.25, 0.3) is 5.91 Å². The topological polar surface area (TPSA) is 68.0 Å². The predicted octanol–water partition coefficient (Wildman–Crippen LogP) is 2.34. The second kappa shape index (κ2) is 5.04. The smallest absolute Gasteiger partial charge is 0.255 e. The van der Waals surface area contributed by atoms with Crippen LogP contribution in [0.15, 0.2) is 16.7 Å². The van der Waals surface area contributed by atoms with Crippen molar-refractivity contribution in [1.82, 2.24) is 10.3 Å². The van der Waals surface area contributed by atoms with E-state index in [0.717, 1.165) is 10.9 Å². The van der Waals surface area contributed by atoms with E-state index in [-0.39, 0.29) is 17.8 Å². The molecule has 1 saturated carbocycles. The van der Waals surface area contributed by atoms with Crippen LogP contribution in [0.4, 0.5) is 5.82 Å². The monoisotopic (exact) mass is 297 g/mol. The van der Waals surface area contributed by atoms with E-state index in [0.29, 0.717) is 11.5 Å². The molecule has 3 N–H and O–H groups in total. The highest BCUT2D eigenvalue weighted by Crippen LogP contribution is 2.25. The van der Waals surface area contributed by atoms with Crippen LogP contribution in [0.1, 0.15) is 36.5 Å². The molecule has 1 aliphatic rings. The molecule has 0 spiro atoms. The molecule has 5 heteroatoms. The number of amides is 1. The highest BCUT2D eigenvalue weighted by Gasteiger charge is 2.25. The summed E-state index contributed by atoms with van der Waals surface area (Å²) in [6.45, 7) is 2.17. The summed E-state index contributed by atoms with van der Waals surface area (Å²) in [6, 6.07) is 1.97. The molecule has 1 aliphatic carbocycles. The average Bonchev–Trinajstić information content (AvgIpc) is 2.68. The zero-order chi connectivity index (χ0) is 12.4. The Morgan fingerprint density at radius 2 is 2.35 bits per heavy atom. The third-order valence-electron chi connectivity index (χ3n) is 3.31. The van der Waals surface area contributed by atoms with Crippen LogP contribution >= 0.6 is 15.9 Å². The first-order chi connectivity index (χ1) is 8.08. The summed E-state index contributed by atoms with van der Waals surface area (Å²) >= 11 is 3.29. The molecule has 92 valence electrons. The van der Waals surface area contributed by atoms with Gasteiger partial charge in [0.2, 0.25) is 0 Å². The molecule has 0 bridgehead atoms. The molecular formula is C12H16BrN3O. The van der Waals surface area contributed by atoms with Gasteiger partial charge in [-0.1, -0.05) is 13.3 Å². The van der Waals surface area contributed by atoms with Crippen molar-refractivity contribution >= 4 is 27.7 Å². The summed E-state index contributed by atoms with van der Waals surface area (Å²) in [5.41, 5.74) is 6.15. The molecule has 1 amide bonds. The quantitative estimate of drug-likeness (QED) is 0.880. The maximum atomic E-state index is 12.1. The van der Waals surface area contributed by atoms with E-state index in [4.69, 9.17) is 5.73 Å². The lowest BCUT2D eigenvalue weighted by Crippen LogP contribution is -2.36. The number of rotatable bonds is 2. The van der Waals surface area contributed by atoms with Gasteiger partial charge in [-0.25, -0.2) is 4.98 Å². The number of nitrogen functional groups attached to an aromatic ring is 1. The van der Waals surface area contributed by atoms with E-state index >= 15 is 0 Å². The lowest BCUT2D eigenvalue weighted by atomic mass is 10.1. The first-order valence-electron chi connectivity index (χ1n) is 5.80.